The van der Waals surface area contributed by atoms with Gasteiger partial charge in [0.05, 0.1) is 0 Å². The second kappa shape index (κ2) is 41.6. The van der Waals surface area contributed by atoms with E-state index in [4.69, 9.17) is 17.5 Å². The van der Waals surface area contributed by atoms with Crippen molar-refractivity contribution in [2.75, 3.05) is 0 Å². The third-order valence-corrected chi connectivity index (χ3v) is 13.0. The van der Waals surface area contributed by atoms with Crippen LogP contribution in [0, 0.1) is 0 Å². The number of benzene rings is 2. The highest BCUT2D eigenvalue weighted by atomic mass is 32.3. The molecule has 0 heterocycles. The molecule has 5 heteroatoms. The third-order valence-electron chi connectivity index (χ3n) is 13.0. The minimum Gasteiger partial charge on any atom is -0.264 e. The minimum atomic E-state index is -4.67. The molecule has 0 aliphatic heterocycles. The molecule has 0 aliphatic carbocycles. The largest absolute Gasteiger partial charge is 0.394 e. The van der Waals surface area contributed by atoms with Crippen LogP contribution in [0.3, 0.4) is 0 Å². The number of hydrogen-bond acceptors (Lipinski definition) is 2. The molecule has 0 aromatic heterocycles. The second-order valence-corrected chi connectivity index (χ2v) is 19.5. The first-order valence-electron chi connectivity index (χ1n) is 26.5. The molecule has 2 aromatic carbocycles. The lowest BCUT2D eigenvalue weighted by Crippen LogP contribution is -2.04. The fourth-order valence-electron chi connectivity index (χ4n) is 9.32. The van der Waals surface area contributed by atoms with Crippen LogP contribution in [0.15, 0.2) is 30.3 Å². The molecule has 0 aliphatic rings. The predicted molar refractivity (Wildman–Crippen MR) is 266 cm³/mol. The Morgan fingerprint density at radius 1 is 0.350 bits per heavy atom. The average molecular weight is 857 g/mol. The number of rotatable bonds is 42. The third kappa shape index (κ3) is 35.1. The van der Waals surface area contributed by atoms with E-state index in [9.17, 15) is 0 Å². The standard InChI is InChI=1S/C55H98.H2O4S/c1-4-7-10-13-16-19-22-25-28-31-34-37-40-45-51-50-52-46-43-44-48-54(52)55(49-42-39-36-33-30-27-24-21-18-15-12-9-6-3)53(51)47-41-38-35-32-29-26-23-20-17-14-11-8-5-2;1-5(2,3)4/h43-44,46,48,50H,4-42,45,47,49H2,1-3H3;(H2,1,2,3,4). The zero-order valence-electron chi connectivity index (χ0n) is 40.2. The average Bonchev–Trinajstić information content (AvgIpc) is 3.22. The van der Waals surface area contributed by atoms with Crippen LogP contribution in [0.5, 0.6) is 0 Å². The molecule has 0 saturated carbocycles. The van der Waals surface area contributed by atoms with Crippen LogP contribution in [0.1, 0.15) is 288 Å². The van der Waals surface area contributed by atoms with Crippen LogP contribution in [-0.2, 0) is 29.7 Å². The van der Waals surface area contributed by atoms with Gasteiger partial charge in [0.15, 0.2) is 0 Å². The molecule has 0 fully saturated rings. The van der Waals surface area contributed by atoms with E-state index in [-0.39, 0.29) is 0 Å². The molecule has 0 saturated heterocycles. The lowest BCUT2D eigenvalue weighted by molar-refractivity contribution is 0.381. The molecular weight excluding hydrogens is 757 g/mol. The Hall–Kier alpha value is -1.43. The van der Waals surface area contributed by atoms with Gasteiger partial charge in [-0.1, -0.05) is 282 Å². The molecule has 2 N–H and O–H groups in total. The van der Waals surface area contributed by atoms with Crippen LogP contribution in [0.25, 0.3) is 10.8 Å². The first-order valence-corrected chi connectivity index (χ1v) is 27.9. The Kier molecular flexibility index (Phi) is 39.2. The van der Waals surface area contributed by atoms with E-state index < -0.39 is 10.4 Å². The second-order valence-electron chi connectivity index (χ2n) is 18.6. The van der Waals surface area contributed by atoms with E-state index in [0.29, 0.717) is 0 Å². The van der Waals surface area contributed by atoms with Gasteiger partial charge in [-0.05, 0) is 66.0 Å². The monoisotopic (exact) mass is 857 g/mol. The number of fused-ring (bicyclic) bond motifs is 1. The van der Waals surface area contributed by atoms with Gasteiger partial charge < -0.3 is 0 Å². The Morgan fingerprint density at radius 2 is 0.600 bits per heavy atom. The van der Waals surface area contributed by atoms with Crippen LogP contribution in [-0.4, -0.2) is 17.5 Å². The van der Waals surface area contributed by atoms with Crippen molar-refractivity contribution in [3.05, 3.63) is 47.0 Å². The maximum Gasteiger partial charge on any atom is 0.394 e. The molecule has 0 unspecified atom stereocenters. The van der Waals surface area contributed by atoms with Crippen molar-refractivity contribution in [1.29, 1.82) is 0 Å². The van der Waals surface area contributed by atoms with E-state index in [1.165, 1.54) is 275 Å². The lowest BCUT2D eigenvalue weighted by Gasteiger charge is -2.19. The SMILES string of the molecule is CCCCCCCCCCCCCCCc1cc2ccccc2c(CCCCCCCCCCCCCCC)c1CCCCCCCCCCCCCCC.O=S(=O)(O)O. The molecule has 4 nitrogen and oxygen atoms in total. The van der Waals surface area contributed by atoms with Gasteiger partial charge >= 0.3 is 10.4 Å². The van der Waals surface area contributed by atoms with Gasteiger partial charge in [0, 0.05) is 0 Å². The maximum absolute atomic E-state index is 8.74. The Morgan fingerprint density at radius 3 is 0.917 bits per heavy atom. The molecule has 60 heavy (non-hydrogen) atoms. The molecule has 0 amide bonds. The Balaban J connectivity index is 0.00000338. The van der Waals surface area contributed by atoms with E-state index in [0.717, 1.165) is 0 Å². The van der Waals surface area contributed by atoms with Gasteiger partial charge in [0.25, 0.3) is 0 Å². The van der Waals surface area contributed by atoms with Crippen molar-refractivity contribution in [1.82, 2.24) is 0 Å². The van der Waals surface area contributed by atoms with Crippen LogP contribution >= 0.6 is 0 Å². The molecule has 0 atom stereocenters. The molecule has 2 rings (SSSR count). The molecule has 0 spiro atoms. The molecule has 350 valence electrons. The van der Waals surface area contributed by atoms with E-state index in [1.54, 1.807) is 22.1 Å². The molecular formula is C55H100O4S. The highest BCUT2D eigenvalue weighted by molar-refractivity contribution is 7.79. The lowest BCUT2D eigenvalue weighted by atomic mass is 9.86. The highest BCUT2D eigenvalue weighted by Gasteiger charge is 2.14. The van der Waals surface area contributed by atoms with E-state index in [1.807, 2.05) is 0 Å². The zero-order valence-corrected chi connectivity index (χ0v) is 41.0. The summed E-state index contributed by atoms with van der Waals surface area (Å²) in [5.41, 5.74) is 5.23. The molecule has 0 radical (unpaired) electrons. The van der Waals surface area contributed by atoms with Crippen molar-refractivity contribution in [3.8, 4) is 0 Å². The van der Waals surface area contributed by atoms with Crippen molar-refractivity contribution in [2.24, 2.45) is 0 Å². The summed E-state index contributed by atoms with van der Waals surface area (Å²) in [4.78, 5) is 0. The number of unbranched alkanes of at least 4 members (excludes halogenated alkanes) is 36. The normalized spacial score (nSPS) is 11.7. The highest BCUT2D eigenvalue weighted by Crippen LogP contribution is 2.31. The van der Waals surface area contributed by atoms with Crippen molar-refractivity contribution >= 4 is 21.2 Å². The van der Waals surface area contributed by atoms with Gasteiger partial charge in [0.1, 0.15) is 0 Å². The summed E-state index contributed by atoms with van der Waals surface area (Å²) < 4.78 is 31.6. The summed E-state index contributed by atoms with van der Waals surface area (Å²) in [6.07, 6.45) is 60.0. The van der Waals surface area contributed by atoms with Crippen LogP contribution < -0.4 is 0 Å². The van der Waals surface area contributed by atoms with Gasteiger partial charge in [-0.2, -0.15) is 8.42 Å². The van der Waals surface area contributed by atoms with Crippen molar-refractivity contribution < 1.29 is 17.5 Å². The maximum atomic E-state index is 8.74. The summed E-state index contributed by atoms with van der Waals surface area (Å²) in [6.45, 7) is 6.96. The summed E-state index contributed by atoms with van der Waals surface area (Å²) in [6, 6.07) is 12.1. The Labute approximate surface area is 374 Å². The summed E-state index contributed by atoms with van der Waals surface area (Å²) in [5, 5.41) is 3.08. The zero-order chi connectivity index (χ0) is 43.6. The first kappa shape index (κ1) is 56.6. The predicted octanol–water partition coefficient (Wildman–Crippen LogP) is 19.1. The van der Waals surface area contributed by atoms with Crippen LogP contribution in [0.4, 0.5) is 0 Å². The van der Waals surface area contributed by atoms with Gasteiger partial charge in [0.2, 0.25) is 0 Å². The van der Waals surface area contributed by atoms with Gasteiger partial charge in [-0.3, -0.25) is 9.11 Å². The number of aryl methyl sites for hydroxylation is 2. The van der Waals surface area contributed by atoms with Gasteiger partial charge in [-0.25, -0.2) is 0 Å². The summed E-state index contributed by atoms with van der Waals surface area (Å²) in [7, 11) is -4.67. The minimum absolute atomic E-state index is 1.29. The summed E-state index contributed by atoms with van der Waals surface area (Å²) >= 11 is 0. The smallest absolute Gasteiger partial charge is 0.264 e. The molecule has 2 aromatic rings. The molecule has 0 bridgehead atoms. The van der Waals surface area contributed by atoms with Crippen molar-refractivity contribution in [2.45, 2.75) is 290 Å². The van der Waals surface area contributed by atoms with E-state index >= 15 is 0 Å². The first-order chi connectivity index (χ1) is 29.3. The number of hydrogen-bond donors (Lipinski definition) is 2. The topological polar surface area (TPSA) is 74.6 Å². The van der Waals surface area contributed by atoms with Gasteiger partial charge in [-0.15, -0.1) is 0 Å². The van der Waals surface area contributed by atoms with Crippen LogP contribution in [0.2, 0.25) is 0 Å². The Bertz CT molecular complexity index is 1310. The fourth-order valence-corrected chi connectivity index (χ4v) is 9.32. The van der Waals surface area contributed by atoms with Crippen molar-refractivity contribution in [3.63, 3.8) is 0 Å². The fraction of sp³-hybridized carbons (Fsp3) is 0.818. The van der Waals surface area contributed by atoms with E-state index in [2.05, 4.69) is 51.1 Å². The summed E-state index contributed by atoms with van der Waals surface area (Å²) in [5.74, 6) is 0. The quantitative estimate of drug-likeness (QED) is 0.0515.